The first-order valence-electron chi connectivity index (χ1n) is 12.9. The van der Waals surface area contributed by atoms with Crippen LogP contribution in [0.5, 0.6) is 0 Å². The molecule has 0 bridgehead atoms. The average molecular weight is 459 g/mol. The van der Waals surface area contributed by atoms with Crippen molar-refractivity contribution in [2.45, 2.75) is 96.2 Å². The lowest BCUT2D eigenvalue weighted by atomic mass is 9.45. The Labute approximate surface area is 196 Å². The van der Waals surface area contributed by atoms with Gasteiger partial charge in [-0.25, -0.2) is 0 Å². The zero-order valence-corrected chi connectivity index (χ0v) is 20.0. The number of fused-ring (bicyclic) bond motifs is 5. The number of ether oxygens (including phenoxy) is 1. The van der Waals surface area contributed by atoms with Crippen molar-refractivity contribution in [2.24, 2.45) is 34.5 Å². The number of aliphatic hydroxyl groups is 2. The first-order valence-corrected chi connectivity index (χ1v) is 12.9. The van der Waals surface area contributed by atoms with Crippen molar-refractivity contribution in [1.29, 1.82) is 0 Å². The standard InChI is InChI=1S/C27H38O6/c1-25-11-9-18(28)13-17(25)7-8-19-20-10-12-27(32,26(20,2)14-21(29)23(19)25)22(30)15-33-24(31)16-5-3-4-6-16/h13,16,19-21,23,29,32H,3-12,14-15H2,1-2H3/t19-,20-,21-,23+,25-,26-,27-/m0/s1. The molecule has 7 atom stereocenters. The summed E-state index contributed by atoms with van der Waals surface area (Å²) >= 11 is 0. The summed E-state index contributed by atoms with van der Waals surface area (Å²) in [6, 6.07) is 0. The predicted octanol–water partition coefficient (Wildman–Crippen LogP) is 3.52. The molecule has 0 aromatic rings. The smallest absolute Gasteiger partial charge is 0.309 e. The molecular formula is C27H38O6. The average Bonchev–Trinajstić information content (AvgIpc) is 3.39. The lowest BCUT2D eigenvalue weighted by Gasteiger charge is -2.60. The van der Waals surface area contributed by atoms with Crippen molar-refractivity contribution in [1.82, 2.24) is 0 Å². The van der Waals surface area contributed by atoms with Gasteiger partial charge in [-0.05, 0) is 80.6 Å². The van der Waals surface area contributed by atoms with Gasteiger partial charge in [0.1, 0.15) is 5.60 Å². The normalized spacial score (nSPS) is 45.1. The first-order chi connectivity index (χ1) is 15.6. The monoisotopic (exact) mass is 458 g/mol. The number of ketones is 2. The van der Waals surface area contributed by atoms with E-state index < -0.39 is 22.9 Å². The number of hydrogen-bond donors (Lipinski definition) is 2. The number of rotatable bonds is 4. The number of aliphatic hydroxyl groups excluding tert-OH is 1. The molecule has 0 heterocycles. The van der Waals surface area contributed by atoms with Crippen LogP contribution in [-0.4, -0.2) is 46.1 Å². The second-order valence-corrected chi connectivity index (χ2v) is 12.0. The first kappa shape index (κ1) is 23.2. The van der Waals surface area contributed by atoms with Crippen LogP contribution in [0, 0.1) is 34.5 Å². The molecular weight excluding hydrogens is 420 g/mol. The van der Waals surface area contributed by atoms with Crippen LogP contribution in [0.1, 0.15) is 84.5 Å². The number of esters is 1. The second kappa shape index (κ2) is 8.01. The molecule has 0 radical (unpaired) electrons. The highest BCUT2D eigenvalue weighted by Crippen LogP contribution is 2.67. The summed E-state index contributed by atoms with van der Waals surface area (Å²) in [5.74, 6) is -0.303. The van der Waals surface area contributed by atoms with Crippen molar-refractivity contribution < 1.29 is 29.3 Å². The van der Waals surface area contributed by atoms with Crippen LogP contribution in [0.4, 0.5) is 0 Å². The molecule has 0 saturated heterocycles. The van der Waals surface area contributed by atoms with Crippen molar-refractivity contribution in [3.8, 4) is 0 Å². The third-order valence-electron chi connectivity index (χ3n) is 10.5. The Morgan fingerprint density at radius 2 is 1.82 bits per heavy atom. The summed E-state index contributed by atoms with van der Waals surface area (Å²) in [7, 11) is 0. The summed E-state index contributed by atoms with van der Waals surface area (Å²) in [5, 5.41) is 23.2. The molecule has 0 unspecified atom stereocenters. The maximum Gasteiger partial charge on any atom is 0.309 e. The zero-order chi connectivity index (χ0) is 23.6. The van der Waals surface area contributed by atoms with E-state index in [9.17, 15) is 24.6 Å². The predicted molar refractivity (Wildman–Crippen MR) is 121 cm³/mol. The Balaban J connectivity index is 1.36. The van der Waals surface area contributed by atoms with E-state index >= 15 is 0 Å². The zero-order valence-electron chi connectivity index (χ0n) is 20.0. The van der Waals surface area contributed by atoms with E-state index in [2.05, 4.69) is 6.92 Å². The fourth-order valence-electron chi connectivity index (χ4n) is 8.69. The Morgan fingerprint density at radius 3 is 2.55 bits per heavy atom. The van der Waals surface area contributed by atoms with E-state index in [0.717, 1.165) is 51.4 Å². The van der Waals surface area contributed by atoms with Gasteiger partial charge in [0.25, 0.3) is 0 Å². The number of Topliss-reactive ketones (excluding diaryl/α,β-unsaturated/α-hetero) is 1. The van der Waals surface area contributed by atoms with E-state index in [1.54, 1.807) is 0 Å². The summed E-state index contributed by atoms with van der Waals surface area (Å²) in [5.41, 5.74) is -1.35. The molecule has 33 heavy (non-hydrogen) atoms. The van der Waals surface area contributed by atoms with Crippen LogP contribution in [0.3, 0.4) is 0 Å². The van der Waals surface area contributed by atoms with Gasteiger partial charge in [0.15, 0.2) is 12.4 Å². The summed E-state index contributed by atoms with van der Waals surface area (Å²) < 4.78 is 5.37. The molecule has 6 nitrogen and oxygen atoms in total. The Bertz CT molecular complexity index is 887. The Kier molecular flexibility index (Phi) is 5.64. The quantitative estimate of drug-likeness (QED) is 0.625. The van der Waals surface area contributed by atoms with Crippen molar-refractivity contribution in [3.63, 3.8) is 0 Å². The number of allylic oxidation sites excluding steroid dienone is 1. The van der Waals surface area contributed by atoms with Gasteiger partial charge >= 0.3 is 5.97 Å². The molecule has 2 N–H and O–H groups in total. The third-order valence-corrected chi connectivity index (χ3v) is 10.5. The Hall–Kier alpha value is -1.53. The molecule has 5 aliphatic carbocycles. The molecule has 0 aliphatic heterocycles. The minimum absolute atomic E-state index is 0.0429. The van der Waals surface area contributed by atoms with Crippen LogP contribution in [0.2, 0.25) is 0 Å². The fraction of sp³-hybridized carbons (Fsp3) is 0.815. The van der Waals surface area contributed by atoms with E-state index in [-0.39, 0.29) is 47.4 Å². The highest BCUT2D eigenvalue weighted by molar-refractivity contribution is 5.92. The van der Waals surface area contributed by atoms with E-state index in [1.165, 1.54) is 5.57 Å². The molecule has 0 aromatic carbocycles. The summed E-state index contributed by atoms with van der Waals surface area (Å²) in [6.45, 7) is 3.77. The highest BCUT2D eigenvalue weighted by Gasteiger charge is 2.68. The van der Waals surface area contributed by atoms with Gasteiger partial charge in [0.05, 0.1) is 12.0 Å². The minimum atomic E-state index is -1.58. The lowest BCUT2D eigenvalue weighted by molar-refractivity contribution is -0.185. The fourth-order valence-corrected chi connectivity index (χ4v) is 8.69. The summed E-state index contributed by atoms with van der Waals surface area (Å²) in [4.78, 5) is 37.7. The van der Waals surface area contributed by atoms with Gasteiger partial charge in [0, 0.05) is 11.8 Å². The molecule has 4 saturated carbocycles. The van der Waals surface area contributed by atoms with Gasteiger partial charge in [-0.15, -0.1) is 0 Å². The number of carbonyl (C=O) groups excluding carboxylic acids is 3. The topological polar surface area (TPSA) is 101 Å². The van der Waals surface area contributed by atoms with Gasteiger partial charge in [-0.3, -0.25) is 14.4 Å². The van der Waals surface area contributed by atoms with Crippen LogP contribution >= 0.6 is 0 Å². The lowest BCUT2D eigenvalue weighted by Crippen LogP contribution is -2.62. The van der Waals surface area contributed by atoms with Crippen LogP contribution in [0.25, 0.3) is 0 Å². The highest BCUT2D eigenvalue weighted by atomic mass is 16.5. The van der Waals surface area contributed by atoms with E-state index in [0.29, 0.717) is 19.3 Å². The van der Waals surface area contributed by atoms with E-state index in [4.69, 9.17) is 4.74 Å². The molecule has 0 aromatic heterocycles. The van der Waals surface area contributed by atoms with E-state index in [1.807, 2.05) is 13.0 Å². The maximum absolute atomic E-state index is 13.3. The minimum Gasteiger partial charge on any atom is -0.457 e. The SMILES string of the molecule is C[C@]12CCC(=O)C=C1CC[C@@H]1[C@@H]2[C@@H](O)C[C@@]2(C)[C@H]1CC[C@]2(O)C(=O)COC(=O)C1CCCC1. The molecule has 4 fully saturated rings. The second-order valence-electron chi connectivity index (χ2n) is 12.0. The van der Waals surface area contributed by atoms with Gasteiger partial charge < -0.3 is 14.9 Å². The largest absolute Gasteiger partial charge is 0.457 e. The molecule has 5 rings (SSSR count). The third kappa shape index (κ3) is 3.38. The molecule has 182 valence electrons. The van der Waals surface area contributed by atoms with Crippen molar-refractivity contribution in [3.05, 3.63) is 11.6 Å². The molecule has 0 spiro atoms. The maximum atomic E-state index is 13.3. The molecule has 5 aliphatic rings. The number of carbonyl (C=O) groups is 3. The Morgan fingerprint density at radius 1 is 1.09 bits per heavy atom. The molecule has 6 heteroatoms. The van der Waals surface area contributed by atoms with Crippen molar-refractivity contribution in [2.75, 3.05) is 6.61 Å². The molecule has 0 amide bonds. The summed E-state index contributed by atoms with van der Waals surface area (Å²) in [6.07, 6.45) is 9.26. The van der Waals surface area contributed by atoms with Crippen LogP contribution in [0.15, 0.2) is 11.6 Å². The van der Waals surface area contributed by atoms with Crippen molar-refractivity contribution >= 4 is 17.5 Å². The van der Waals surface area contributed by atoms with Crippen LogP contribution in [-0.2, 0) is 19.1 Å². The van der Waals surface area contributed by atoms with Gasteiger partial charge in [0.2, 0.25) is 5.78 Å². The van der Waals surface area contributed by atoms with Gasteiger partial charge in [-0.1, -0.05) is 32.3 Å². The van der Waals surface area contributed by atoms with Crippen LogP contribution < -0.4 is 0 Å². The number of hydrogen-bond acceptors (Lipinski definition) is 6. The van der Waals surface area contributed by atoms with Gasteiger partial charge in [-0.2, -0.15) is 0 Å².